The van der Waals surface area contributed by atoms with Gasteiger partial charge in [0.25, 0.3) is 0 Å². The van der Waals surface area contributed by atoms with Gasteiger partial charge in [0.05, 0.1) is 0 Å². The van der Waals surface area contributed by atoms with Gasteiger partial charge >= 0.3 is 0 Å². The molecule has 2 heterocycles. The van der Waals surface area contributed by atoms with Gasteiger partial charge in [0.1, 0.15) is 5.69 Å². The molecule has 3 nitrogen and oxygen atoms in total. The maximum atomic E-state index is 11.9. The van der Waals surface area contributed by atoms with E-state index < -0.39 is 0 Å². The summed E-state index contributed by atoms with van der Waals surface area (Å²) in [5.41, 5.74) is 1.89. The summed E-state index contributed by atoms with van der Waals surface area (Å²) in [6, 6.07) is 4.00. The smallest absolute Gasteiger partial charge is 0.183 e. The fraction of sp³-hybridized carbons (Fsp3) is 0.667. The molecule has 1 aliphatic heterocycles. The minimum absolute atomic E-state index is 0.0163. The monoisotopic (exact) mass is 288 g/mol. The number of hydrogen-bond acceptors (Lipinski definition) is 3. The van der Waals surface area contributed by atoms with Crippen LogP contribution in [0.25, 0.3) is 0 Å². The molecule has 0 aromatic carbocycles. The Morgan fingerprint density at radius 3 is 2.38 bits per heavy atom. The van der Waals surface area contributed by atoms with Crippen LogP contribution in [0.4, 0.5) is 0 Å². The van der Waals surface area contributed by atoms with Crippen molar-refractivity contribution in [2.45, 2.75) is 46.5 Å². The molecule has 0 unspecified atom stereocenters. The average Bonchev–Trinajstić information content (AvgIpc) is 2.47. The lowest BCUT2D eigenvalue weighted by molar-refractivity contribution is 0.0934. The molecule has 0 amide bonds. The first-order valence-corrected chi connectivity index (χ1v) is 8.20. The molecule has 3 heteroatoms. The average molecular weight is 288 g/mol. The Kier molecular flexibility index (Phi) is 5.51. The molecule has 1 saturated heterocycles. The summed E-state index contributed by atoms with van der Waals surface area (Å²) in [5.74, 6) is 1.49. The molecular weight excluding hydrogens is 260 g/mol. The van der Waals surface area contributed by atoms with Crippen LogP contribution >= 0.6 is 0 Å². The van der Waals surface area contributed by atoms with Crippen molar-refractivity contribution < 1.29 is 4.79 Å². The predicted octanol–water partition coefficient (Wildman–Crippen LogP) is 3.76. The van der Waals surface area contributed by atoms with E-state index >= 15 is 0 Å². The summed E-state index contributed by atoms with van der Waals surface area (Å²) in [4.78, 5) is 18.8. The summed E-state index contributed by atoms with van der Waals surface area (Å²) in [5, 5.41) is 0. The van der Waals surface area contributed by atoms with Crippen LogP contribution < -0.4 is 0 Å². The van der Waals surface area contributed by atoms with Crippen molar-refractivity contribution >= 4 is 5.78 Å². The first kappa shape index (κ1) is 16.2. The van der Waals surface area contributed by atoms with Gasteiger partial charge in [-0.1, -0.05) is 33.8 Å². The molecule has 0 N–H and O–H groups in total. The van der Waals surface area contributed by atoms with E-state index in [0.29, 0.717) is 11.6 Å². The van der Waals surface area contributed by atoms with Crippen molar-refractivity contribution in [2.75, 3.05) is 19.6 Å². The summed E-state index contributed by atoms with van der Waals surface area (Å²) in [7, 11) is 0. The number of piperidine rings is 1. The second kappa shape index (κ2) is 7.17. The maximum Gasteiger partial charge on any atom is 0.183 e. The summed E-state index contributed by atoms with van der Waals surface area (Å²) in [6.45, 7) is 11.9. The summed E-state index contributed by atoms with van der Waals surface area (Å²) < 4.78 is 0. The van der Waals surface area contributed by atoms with Crippen LogP contribution in [-0.2, 0) is 0 Å². The number of carbonyl (C=O) groups is 1. The standard InChI is InChI=1S/C18H28N2O/c1-13(2)12-20-9-7-15(8-10-20)16-5-6-17(19-11-16)18(21)14(3)4/h5-6,11,13-15H,7-10,12H2,1-4H3. The van der Waals surface area contributed by atoms with E-state index in [9.17, 15) is 4.79 Å². The zero-order valence-corrected chi connectivity index (χ0v) is 13.8. The van der Waals surface area contributed by atoms with Gasteiger partial charge in [-0.2, -0.15) is 0 Å². The highest BCUT2D eigenvalue weighted by molar-refractivity contribution is 5.95. The molecule has 21 heavy (non-hydrogen) atoms. The van der Waals surface area contributed by atoms with Crippen molar-refractivity contribution in [1.82, 2.24) is 9.88 Å². The van der Waals surface area contributed by atoms with Crippen molar-refractivity contribution in [3.05, 3.63) is 29.6 Å². The van der Waals surface area contributed by atoms with Crippen LogP contribution in [0, 0.1) is 11.8 Å². The molecule has 0 spiro atoms. The molecule has 0 aliphatic carbocycles. The first-order chi connectivity index (χ1) is 9.97. The highest BCUT2D eigenvalue weighted by Crippen LogP contribution is 2.28. The largest absolute Gasteiger partial charge is 0.303 e. The lowest BCUT2D eigenvalue weighted by Crippen LogP contribution is -2.35. The lowest BCUT2D eigenvalue weighted by Gasteiger charge is -2.33. The SMILES string of the molecule is CC(C)CN1CCC(c2ccc(C(=O)C(C)C)nc2)CC1. The number of pyridine rings is 1. The molecule has 1 fully saturated rings. The first-order valence-electron chi connectivity index (χ1n) is 8.20. The van der Waals surface area contributed by atoms with E-state index in [1.807, 2.05) is 26.1 Å². The van der Waals surface area contributed by atoms with Gasteiger partial charge in [-0.05, 0) is 49.4 Å². The molecule has 2 rings (SSSR count). The number of Topliss-reactive ketones (excluding diaryl/α,β-unsaturated/α-hetero) is 1. The Morgan fingerprint density at radius 2 is 1.90 bits per heavy atom. The molecule has 1 aromatic heterocycles. The van der Waals surface area contributed by atoms with Gasteiger partial charge < -0.3 is 4.90 Å². The van der Waals surface area contributed by atoms with Crippen LogP contribution in [0.15, 0.2) is 18.3 Å². The fourth-order valence-electron chi connectivity index (χ4n) is 3.05. The van der Waals surface area contributed by atoms with E-state index in [0.717, 1.165) is 5.92 Å². The zero-order chi connectivity index (χ0) is 15.4. The van der Waals surface area contributed by atoms with Gasteiger partial charge in [0, 0.05) is 18.7 Å². The van der Waals surface area contributed by atoms with E-state index in [1.165, 1.54) is 38.0 Å². The second-order valence-electron chi connectivity index (χ2n) is 6.96. The molecule has 0 radical (unpaired) electrons. The molecular formula is C18H28N2O. The van der Waals surface area contributed by atoms with Crippen LogP contribution in [0.2, 0.25) is 0 Å². The molecule has 0 saturated carbocycles. The molecule has 1 aromatic rings. The Morgan fingerprint density at radius 1 is 1.24 bits per heavy atom. The van der Waals surface area contributed by atoms with Gasteiger partial charge in [-0.3, -0.25) is 9.78 Å². The number of hydrogen-bond donors (Lipinski definition) is 0. The Balaban J connectivity index is 1.93. The molecule has 0 atom stereocenters. The van der Waals surface area contributed by atoms with Gasteiger partial charge in [0.15, 0.2) is 5.78 Å². The Labute approximate surface area is 128 Å². The van der Waals surface area contributed by atoms with Gasteiger partial charge in [-0.25, -0.2) is 0 Å². The van der Waals surface area contributed by atoms with E-state index in [1.54, 1.807) is 0 Å². The third-order valence-corrected chi connectivity index (χ3v) is 4.25. The van der Waals surface area contributed by atoms with Crippen molar-refractivity contribution in [2.24, 2.45) is 11.8 Å². The minimum Gasteiger partial charge on any atom is -0.303 e. The molecule has 0 bridgehead atoms. The second-order valence-corrected chi connectivity index (χ2v) is 6.96. The van der Waals surface area contributed by atoms with Crippen molar-refractivity contribution in [3.63, 3.8) is 0 Å². The van der Waals surface area contributed by atoms with E-state index in [4.69, 9.17) is 0 Å². The van der Waals surface area contributed by atoms with Crippen LogP contribution in [0.3, 0.4) is 0 Å². The number of likely N-dealkylation sites (tertiary alicyclic amines) is 1. The zero-order valence-electron chi connectivity index (χ0n) is 13.8. The number of carbonyl (C=O) groups excluding carboxylic acids is 1. The van der Waals surface area contributed by atoms with Crippen LogP contribution in [0.5, 0.6) is 0 Å². The van der Waals surface area contributed by atoms with Crippen molar-refractivity contribution in [1.29, 1.82) is 0 Å². The van der Waals surface area contributed by atoms with Crippen LogP contribution in [0.1, 0.15) is 62.5 Å². The van der Waals surface area contributed by atoms with Gasteiger partial charge in [-0.15, -0.1) is 0 Å². The normalized spacial score (nSPS) is 17.6. The summed E-state index contributed by atoms with van der Waals surface area (Å²) >= 11 is 0. The van der Waals surface area contributed by atoms with Crippen LogP contribution in [-0.4, -0.2) is 35.3 Å². The Bertz CT molecular complexity index is 457. The van der Waals surface area contributed by atoms with E-state index in [-0.39, 0.29) is 11.7 Å². The third-order valence-electron chi connectivity index (χ3n) is 4.25. The quantitative estimate of drug-likeness (QED) is 0.774. The molecule has 1 aliphatic rings. The molecule has 116 valence electrons. The number of nitrogens with zero attached hydrogens (tertiary/aromatic N) is 2. The third kappa shape index (κ3) is 4.37. The predicted molar refractivity (Wildman–Crippen MR) is 86.7 cm³/mol. The maximum absolute atomic E-state index is 11.9. The van der Waals surface area contributed by atoms with Crippen molar-refractivity contribution in [3.8, 4) is 0 Å². The van der Waals surface area contributed by atoms with E-state index in [2.05, 4.69) is 29.8 Å². The number of rotatable bonds is 5. The Hall–Kier alpha value is -1.22. The number of ketones is 1. The highest BCUT2D eigenvalue weighted by atomic mass is 16.1. The topological polar surface area (TPSA) is 33.2 Å². The fourth-order valence-corrected chi connectivity index (χ4v) is 3.05. The lowest BCUT2D eigenvalue weighted by atomic mass is 9.90. The number of aromatic nitrogens is 1. The van der Waals surface area contributed by atoms with Gasteiger partial charge in [0.2, 0.25) is 0 Å². The minimum atomic E-state index is 0.0163. The highest BCUT2D eigenvalue weighted by Gasteiger charge is 2.21. The summed E-state index contributed by atoms with van der Waals surface area (Å²) in [6.07, 6.45) is 4.32.